The molecule has 0 N–H and O–H groups in total. The molecule has 3 aromatic heterocycles. The summed E-state index contributed by atoms with van der Waals surface area (Å²) in [5.41, 5.74) is 1.78. The van der Waals surface area contributed by atoms with E-state index in [1.807, 2.05) is 19.9 Å². The highest BCUT2D eigenvalue weighted by molar-refractivity contribution is 7.16. The summed E-state index contributed by atoms with van der Waals surface area (Å²) in [5.74, 6) is 0.463. The molecule has 0 spiro atoms. The van der Waals surface area contributed by atoms with E-state index in [9.17, 15) is 4.79 Å². The van der Waals surface area contributed by atoms with Crippen LogP contribution in [0.2, 0.25) is 0 Å². The number of nitriles is 1. The molecule has 0 amide bonds. The average molecular weight is 287 g/mol. The third-order valence-corrected chi connectivity index (χ3v) is 3.53. The van der Waals surface area contributed by atoms with Crippen LogP contribution in [0, 0.1) is 11.3 Å². The van der Waals surface area contributed by atoms with Crippen molar-refractivity contribution in [3.63, 3.8) is 0 Å². The van der Waals surface area contributed by atoms with Gasteiger partial charge in [-0.3, -0.25) is 4.79 Å². The Kier molecular flexibility index (Phi) is 2.84. The lowest BCUT2D eigenvalue weighted by molar-refractivity contribution is 0.444. The number of thiazole rings is 1. The quantitative estimate of drug-likeness (QED) is 0.713. The zero-order chi connectivity index (χ0) is 14.3. The predicted molar refractivity (Wildman–Crippen MR) is 71.9 cm³/mol. The number of hydrogen-bond donors (Lipinski definition) is 0. The lowest BCUT2D eigenvalue weighted by Crippen LogP contribution is -2.20. The molecule has 0 saturated heterocycles. The second-order valence-electron chi connectivity index (χ2n) is 4.40. The van der Waals surface area contributed by atoms with Gasteiger partial charge in [-0.15, -0.1) is 11.3 Å². The van der Waals surface area contributed by atoms with Crippen molar-refractivity contribution in [1.82, 2.24) is 19.7 Å². The molecule has 3 heterocycles. The number of nitrogens with zero attached hydrogens (tertiary/aromatic N) is 5. The predicted octanol–water partition coefficient (Wildman–Crippen LogP) is 1.83. The smallest absolute Gasteiger partial charge is 0.293 e. The molecular formula is C12H9N5O2S. The molecule has 0 radical (unpaired) electrons. The topological polar surface area (TPSA) is 97.6 Å². The van der Waals surface area contributed by atoms with Crippen LogP contribution in [-0.4, -0.2) is 19.7 Å². The van der Waals surface area contributed by atoms with Gasteiger partial charge in [0.1, 0.15) is 16.3 Å². The first-order valence-electron chi connectivity index (χ1n) is 5.84. The highest BCUT2D eigenvalue weighted by Gasteiger charge is 2.20. The molecule has 0 saturated carbocycles. The van der Waals surface area contributed by atoms with Crippen molar-refractivity contribution in [2.24, 2.45) is 0 Å². The summed E-state index contributed by atoms with van der Waals surface area (Å²) in [4.78, 5) is 20.4. The summed E-state index contributed by atoms with van der Waals surface area (Å²) in [6.45, 7) is 3.78. The molecule has 0 aromatic carbocycles. The molecule has 0 aliphatic heterocycles. The fraction of sp³-hybridized carbons (Fsp3) is 0.250. The zero-order valence-corrected chi connectivity index (χ0v) is 11.5. The Morgan fingerprint density at radius 2 is 2.30 bits per heavy atom. The molecule has 0 aliphatic rings. The van der Waals surface area contributed by atoms with Gasteiger partial charge in [-0.25, -0.2) is 9.97 Å². The average Bonchev–Trinajstić information content (AvgIpc) is 3.05. The number of rotatable bonds is 2. The monoisotopic (exact) mass is 287 g/mol. The van der Waals surface area contributed by atoms with Gasteiger partial charge in [0.25, 0.3) is 11.4 Å². The van der Waals surface area contributed by atoms with E-state index in [0.29, 0.717) is 16.1 Å². The van der Waals surface area contributed by atoms with Gasteiger partial charge in [0.15, 0.2) is 0 Å². The third-order valence-electron chi connectivity index (χ3n) is 2.70. The minimum Gasteiger partial charge on any atom is -0.421 e. The van der Waals surface area contributed by atoms with Crippen LogP contribution in [-0.2, 0) is 0 Å². The Hall–Kier alpha value is -2.53. The van der Waals surface area contributed by atoms with E-state index < -0.39 is 0 Å². The number of oxazole rings is 1. The van der Waals surface area contributed by atoms with E-state index in [4.69, 9.17) is 9.68 Å². The van der Waals surface area contributed by atoms with Crippen LogP contribution in [0.1, 0.15) is 31.4 Å². The van der Waals surface area contributed by atoms with Crippen molar-refractivity contribution in [3.05, 3.63) is 33.6 Å². The second kappa shape index (κ2) is 4.54. The van der Waals surface area contributed by atoms with E-state index in [2.05, 4.69) is 15.1 Å². The third kappa shape index (κ3) is 1.80. The van der Waals surface area contributed by atoms with Gasteiger partial charge >= 0.3 is 0 Å². The molecule has 3 aromatic rings. The first-order chi connectivity index (χ1) is 9.61. The molecule has 0 aliphatic carbocycles. The first-order valence-corrected chi connectivity index (χ1v) is 6.72. The summed E-state index contributed by atoms with van der Waals surface area (Å²) in [5, 5.41) is 13.1. The van der Waals surface area contributed by atoms with Gasteiger partial charge in [0, 0.05) is 5.92 Å². The molecule has 7 nitrogen and oxygen atoms in total. The van der Waals surface area contributed by atoms with Crippen LogP contribution in [0.25, 0.3) is 16.1 Å². The summed E-state index contributed by atoms with van der Waals surface area (Å²) >= 11 is 1.22. The van der Waals surface area contributed by atoms with Crippen molar-refractivity contribution in [3.8, 4) is 12.0 Å². The molecule has 0 atom stereocenters. The van der Waals surface area contributed by atoms with Crippen LogP contribution in [0.3, 0.4) is 0 Å². The molecule has 0 bridgehead atoms. The Bertz CT molecular complexity index is 883. The molecule has 20 heavy (non-hydrogen) atoms. The number of aromatic nitrogens is 4. The Labute approximate surface area is 117 Å². The van der Waals surface area contributed by atoms with Gasteiger partial charge in [-0.1, -0.05) is 13.8 Å². The standard InChI is InChI=1S/C12H9N5O2S/c1-6(2)10-16-7(3-13)12(19-10)17-11(18)9-8(4-15-17)14-5-20-9/h4-6H,1-2H3. The first kappa shape index (κ1) is 12.5. The largest absolute Gasteiger partial charge is 0.421 e. The molecular weight excluding hydrogens is 278 g/mol. The van der Waals surface area contributed by atoms with Crippen LogP contribution in [0.5, 0.6) is 0 Å². The van der Waals surface area contributed by atoms with E-state index in [1.165, 1.54) is 17.5 Å². The lowest BCUT2D eigenvalue weighted by atomic mass is 10.2. The van der Waals surface area contributed by atoms with Gasteiger partial charge in [0.2, 0.25) is 11.6 Å². The SMILES string of the molecule is CC(C)c1nc(C#N)c(-n2ncc3ncsc3c2=O)o1. The number of fused-ring (bicyclic) bond motifs is 1. The summed E-state index contributed by atoms with van der Waals surface area (Å²) in [6, 6.07) is 1.92. The van der Waals surface area contributed by atoms with Gasteiger partial charge in [0.05, 0.1) is 11.7 Å². The van der Waals surface area contributed by atoms with E-state index in [0.717, 1.165) is 4.68 Å². The van der Waals surface area contributed by atoms with Crippen LogP contribution >= 0.6 is 11.3 Å². The summed E-state index contributed by atoms with van der Waals surface area (Å²) < 4.78 is 7.03. The highest BCUT2D eigenvalue weighted by Crippen LogP contribution is 2.20. The van der Waals surface area contributed by atoms with Crippen LogP contribution in [0.4, 0.5) is 0 Å². The maximum Gasteiger partial charge on any atom is 0.293 e. The molecule has 8 heteroatoms. The van der Waals surface area contributed by atoms with Crippen molar-refractivity contribution >= 4 is 21.6 Å². The second-order valence-corrected chi connectivity index (χ2v) is 5.26. The number of hydrogen-bond acceptors (Lipinski definition) is 7. The van der Waals surface area contributed by atoms with Crippen molar-refractivity contribution in [2.45, 2.75) is 19.8 Å². The molecule has 0 unspecified atom stereocenters. The highest BCUT2D eigenvalue weighted by atomic mass is 32.1. The molecule has 3 rings (SSSR count). The van der Waals surface area contributed by atoms with Crippen molar-refractivity contribution < 1.29 is 4.42 Å². The van der Waals surface area contributed by atoms with Crippen molar-refractivity contribution in [1.29, 1.82) is 5.26 Å². The van der Waals surface area contributed by atoms with E-state index in [-0.39, 0.29) is 23.1 Å². The zero-order valence-electron chi connectivity index (χ0n) is 10.7. The fourth-order valence-corrected chi connectivity index (χ4v) is 2.39. The summed E-state index contributed by atoms with van der Waals surface area (Å²) in [7, 11) is 0. The van der Waals surface area contributed by atoms with E-state index >= 15 is 0 Å². The Morgan fingerprint density at radius 3 is 3.00 bits per heavy atom. The minimum atomic E-state index is -0.368. The molecule has 0 fully saturated rings. The summed E-state index contributed by atoms with van der Waals surface area (Å²) in [6.07, 6.45) is 1.46. The van der Waals surface area contributed by atoms with Gasteiger partial charge in [-0.2, -0.15) is 15.0 Å². The normalized spacial score (nSPS) is 11.1. The van der Waals surface area contributed by atoms with Gasteiger partial charge in [-0.05, 0) is 0 Å². The Balaban J connectivity index is 2.28. The van der Waals surface area contributed by atoms with Gasteiger partial charge < -0.3 is 4.42 Å². The maximum absolute atomic E-state index is 12.3. The minimum absolute atomic E-state index is 0.0127. The Morgan fingerprint density at radius 1 is 1.50 bits per heavy atom. The van der Waals surface area contributed by atoms with Crippen LogP contribution in [0.15, 0.2) is 20.9 Å². The lowest BCUT2D eigenvalue weighted by Gasteiger charge is -2.00. The van der Waals surface area contributed by atoms with Crippen molar-refractivity contribution in [2.75, 3.05) is 0 Å². The fourth-order valence-electron chi connectivity index (χ4n) is 1.70. The van der Waals surface area contributed by atoms with E-state index in [1.54, 1.807) is 5.51 Å². The molecule has 100 valence electrons. The van der Waals surface area contributed by atoms with Crippen LogP contribution < -0.4 is 5.56 Å². The maximum atomic E-state index is 12.3.